The number of nitrogens with zero attached hydrogens (tertiary/aromatic N) is 1. The fraction of sp³-hybridized carbons (Fsp3) is 0.647. The van der Waals surface area contributed by atoms with Crippen molar-refractivity contribution < 1.29 is 0 Å². The molecule has 1 aromatic rings. The zero-order chi connectivity index (χ0) is 12.6. The van der Waals surface area contributed by atoms with Crippen molar-refractivity contribution in [3.63, 3.8) is 0 Å². The molecule has 0 amide bonds. The van der Waals surface area contributed by atoms with Crippen LogP contribution in [0.4, 0.5) is 0 Å². The van der Waals surface area contributed by atoms with Crippen LogP contribution in [0.3, 0.4) is 0 Å². The summed E-state index contributed by atoms with van der Waals surface area (Å²) < 4.78 is 0. The SMILES string of the molecule is CCCCCC1CCN(Cc2ccccc2)CC1. The second-order valence-electron chi connectivity index (χ2n) is 5.70. The second-order valence-corrected chi connectivity index (χ2v) is 5.70. The Kier molecular flexibility index (Phi) is 5.73. The van der Waals surface area contributed by atoms with Crippen molar-refractivity contribution in [2.45, 2.75) is 52.0 Å². The number of piperidine rings is 1. The molecule has 100 valence electrons. The molecule has 0 atom stereocenters. The van der Waals surface area contributed by atoms with Crippen LogP contribution in [0.1, 0.15) is 51.0 Å². The van der Waals surface area contributed by atoms with Crippen molar-refractivity contribution >= 4 is 0 Å². The summed E-state index contributed by atoms with van der Waals surface area (Å²) in [5.74, 6) is 1.00. The Labute approximate surface area is 112 Å². The molecule has 1 aliphatic rings. The van der Waals surface area contributed by atoms with E-state index in [9.17, 15) is 0 Å². The Morgan fingerprint density at radius 2 is 1.78 bits per heavy atom. The van der Waals surface area contributed by atoms with Gasteiger partial charge in [0.2, 0.25) is 0 Å². The predicted molar refractivity (Wildman–Crippen MR) is 78.6 cm³/mol. The first-order valence-corrected chi connectivity index (χ1v) is 7.64. The number of unbranched alkanes of at least 4 members (excludes halogenated alkanes) is 2. The lowest BCUT2D eigenvalue weighted by Gasteiger charge is -2.32. The monoisotopic (exact) mass is 245 g/mol. The van der Waals surface area contributed by atoms with Gasteiger partial charge in [0.25, 0.3) is 0 Å². The van der Waals surface area contributed by atoms with Gasteiger partial charge in [-0.25, -0.2) is 0 Å². The van der Waals surface area contributed by atoms with E-state index in [0.29, 0.717) is 0 Å². The predicted octanol–water partition coefficient (Wildman–Crippen LogP) is 4.48. The van der Waals surface area contributed by atoms with Crippen molar-refractivity contribution in [1.82, 2.24) is 4.90 Å². The van der Waals surface area contributed by atoms with E-state index in [1.54, 1.807) is 0 Å². The smallest absolute Gasteiger partial charge is 0.0233 e. The van der Waals surface area contributed by atoms with Gasteiger partial charge in [-0.05, 0) is 37.4 Å². The summed E-state index contributed by atoms with van der Waals surface area (Å²) in [6.45, 7) is 6.03. The average Bonchev–Trinajstić information content (AvgIpc) is 2.42. The third kappa shape index (κ3) is 4.45. The maximum absolute atomic E-state index is 2.62. The van der Waals surface area contributed by atoms with Crippen molar-refractivity contribution in [1.29, 1.82) is 0 Å². The lowest BCUT2D eigenvalue weighted by molar-refractivity contribution is 0.170. The first-order valence-electron chi connectivity index (χ1n) is 7.64. The summed E-state index contributed by atoms with van der Waals surface area (Å²) in [5.41, 5.74) is 1.46. The lowest BCUT2D eigenvalue weighted by atomic mass is 9.91. The van der Waals surface area contributed by atoms with Crippen LogP contribution in [0.15, 0.2) is 30.3 Å². The number of benzene rings is 1. The Hall–Kier alpha value is -0.820. The maximum Gasteiger partial charge on any atom is 0.0233 e. The summed E-state index contributed by atoms with van der Waals surface area (Å²) in [6, 6.07) is 10.9. The summed E-state index contributed by atoms with van der Waals surface area (Å²) in [5, 5.41) is 0. The number of hydrogen-bond donors (Lipinski definition) is 0. The molecule has 0 unspecified atom stereocenters. The highest BCUT2D eigenvalue weighted by Crippen LogP contribution is 2.23. The van der Waals surface area contributed by atoms with Gasteiger partial charge in [-0.3, -0.25) is 4.90 Å². The molecule has 18 heavy (non-hydrogen) atoms. The molecule has 1 nitrogen and oxygen atoms in total. The van der Waals surface area contributed by atoms with Gasteiger partial charge >= 0.3 is 0 Å². The lowest BCUT2D eigenvalue weighted by Crippen LogP contribution is -2.33. The molecule has 1 heteroatoms. The number of rotatable bonds is 6. The summed E-state index contributed by atoms with van der Waals surface area (Å²) in [7, 11) is 0. The Morgan fingerprint density at radius 3 is 2.44 bits per heavy atom. The molecule has 0 aromatic heterocycles. The van der Waals surface area contributed by atoms with Crippen LogP contribution < -0.4 is 0 Å². The van der Waals surface area contributed by atoms with Crippen LogP contribution in [0.5, 0.6) is 0 Å². The highest BCUT2D eigenvalue weighted by Gasteiger charge is 2.18. The molecule has 1 heterocycles. The fourth-order valence-electron chi connectivity index (χ4n) is 2.96. The molecule has 0 bridgehead atoms. The van der Waals surface area contributed by atoms with Gasteiger partial charge in [0.1, 0.15) is 0 Å². The Balaban J connectivity index is 1.67. The van der Waals surface area contributed by atoms with E-state index in [0.717, 1.165) is 12.5 Å². The zero-order valence-electron chi connectivity index (χ0n) is 11.8. The first-order chi connectivity index (χ1) is 8.88. The van der Waals surface area contributed by atoms with Gasteiger partial charge in [-0.1, -0.05) is 62.9 Å². The van der Waals surface area contributed by atoms with Crippen molar-refractivity contribution in [3.05, 3.63) is 35.9 Å². The highest BCUT2D eigenvalue weighted by atomic mass is 15.1. The quantitative estimate of drug-likeness (QED) is 0.668. The van der Waals surface area contributed by atoms with Gasteiger partial charge < -0.3 is 0 Å². The van der Waals surface area contributed by atoms with E-state index < -0.39 is 0 Å². The minimum Gasteiger partial charge on any atom is -0.299 e. The molecule has 0 radical (unpaired) electrons. The summed E-state index contributed by atoms with van der Waals surface area (Å²) in [4.78, 5) is 2.62. The average molecular weight is 245 g/mol. The minimum atomic E-state index is 1.00. The van der Waals surface area contributed by atoms with E-state index in [-0.39, 0.29) is 0 Å². The molecule has 0 spiro atoms. The molecule has 1 saturated heterocycles. The second kappa shape index (κ2) is 7.58. The summed E-state index contributed by atoms with van der Waals surface area (Å²) in [6.07, 6.45) is 8.51. The van der Waals surface area contributed by atoms with E-state index in [1.165, 1.54) is 57.2 Å². The Morgan fingerprint density at radius 1 is 1.06 bits per heavy atom. The van der Waals surface area contributed by atoms with Gasteiger partial charge in [-0.2, -0.15) is 0 Å². The molecule has 0 saturated carbocycles. The van der Waals surface area contributed by atoms with Crippen molar-refractivity contribution in [2.24, 2.45) is 5.92 Å². The van der Waals surface area contributed by atoms with Crippen molar-refractivity contribution in [2.75, 3.05) is 13.1 Å². The van der Waals surface area contributed by atoms with Crippen LogP contribution in [-0.2, 0) is 6.54 Å². The standard InChI is InChI=1S/C17H27N/c1-2-3-5-8-16-11-13-18(14-12-16)15-17-9-6-4-7-10-17/h4,6-7,9-10,16H,2-3,5,8,11-15H2,1H3. The van der Waals surface area contributed by atoms with Crippen LogP contribution in [0.25, 0.3) is 0 Å². The fourth-order valence-corrected chi connectivity index (χ4v) is 2.96. The topological polar surface area (TPSA) is 3.24 Å². The molecule has 1 aromatic carbocycles. The van der Waals surface area contributed by atoms with Crippen LogP contribution in [-0.4, -0.2) is 18.0 Å². The summed E-state index contributed by atoms with van der Waals surface area (Å²) >= 11 is 0. The molecule has 2 rings (SSSR count). The Bertz CT molecular complexity index is 312. The molecule has 1 aliphatic heterocycles. The largest absolute Gasteiger partial charge is 0.299 e. The van der Waals surface area contributed by atoms with E-state index >= 15 is 0 Å². The van der Waals surface area contributed by atoms with Crippen LogP contribution >= 0.6 is 0 Å². The molecule has 0 aliphatic carbocycles. The highest BCUT2D eigenvalue weighted by molar-refractivity contribution is 5.14. The molecular formula is C17H27N. The number of likely N-dealkylation sites (tertiary alicyclic amines) is 1. The van der Waals surface area contributed by atoms with Gasteiger partial charge in [-0.15, -0.1) is 0 Å². The zero-order valence-corrected chi connectivity index (χ0v) is 11.8. The van der Waals surface area contributed by atoms with Crippen molar-refractivity contribution in [3.8, 4) is 0 Å². The number of hydrogen-bond acceptors (Lipinski definition) is 1. The molecule has 1 fully saturated rings. The maximum atomic E-state index is 2.62. The normalized spacial score (nSPS) is 18.1. The van der Waals surface area contributed by atoms with Crippen LogP contribution in [0, 0.1) is 5.92 Å². The third-order valence-electron chi connectivity index (χ3n) is 4.17. The van der Waals surface area contributed by atoms with Gasteiger partial charge in [0.15, 0.2) is 0 Å². The first kappa shape index (κ1) is 13.6. The van der Waals surface area contributed by atoms with Crippen LogP contribution in [0.2, 0.25) is 0 Å². The minimum absolute atomic E-state index is 1.00. The molecule has 0 N–H and O–H groups in total. The van der Waals surface area contributed by atoms with Gasteiger partial charge in [0, 0.05) is 6.54 Å². The third-order valence-corrected chi connectivity index (χ3v) is 4.17. The van der Waals surface area contributed by atoms with E-state index in [4.69, 9.17) is 0 Å². The van der Waals surface area contributed by atoms with E-state index in [1.807, 2.05) is 0 Å². The molecular weight excluding hydrogens is 218 g/mol. The van der Waals surface area contributed by atoms with Gasteiger partial charge in [0.05, 0.1) is 0 Å². The van der Waals surface area contributed by atoms with E-state index in [2.05, 4.69) is 42.2 Å².